The molecule has 0 N–H and O–H groups in total. The first-order valence-corrected chi connectivity index (χ1v) is 16.8. The molecule has 8 aromatic rings. The first-order chi connectivity index (χ1) is 23.6. The van der Waals surface area contributed by atoms with Gasteiger partial charge in [0.05, 0.1) is 33.8 Å². The Balaban J connectivity index is 1.32. The van der Waals surface area contributed by atoms with E-state index in [-0.39, 0.29) is 11.5 Å². The molecular weight excluding hydrogens is 585 g/mol. The van der Waals surface area contributed by atoms with E-state index in [1.807, 2.05) is 6.20 Å². The molecule has 4 heterocycles. The summed E-state index contributed by atoms with van der Waals surface area (Å²) in [5.74, 6) is 0. The topological polar surface area (TPSA) is 26.0 Å². The van der Waals surface area contributed by atoms with Crippen molar-refractivity contribution in [2.45, 2.75) is 31.7 Å². The Bertz CT molecular complexity index is 2580. The molecule has 1 unspecified atom stereocenters. The molecule has 0 radical (unpaired) electrons. The van der Waals surface area contributed by atoms with Crippen molar-refractivity contribution in [1.82, 2.24) is 14.1 Å². The van der Waals surface area contributed by atoms with E-state index in [4.69, 9.17) is 0 Å². The summed E-state index contributed by atoms with van der Waals surface area (Å²) in [5.41, 5.74) is 12.0. The molecule has 0 saturated carbocycles. The van der Waals surface area contributed by atoms with E-state index < -0.39 is 0 Å². The molecule has 230 valence electrons. The van der Waals surface area contributed by atoms with Crippen LogP contribution in [-0.2, 0) is 5.41 Å². The fourth-order valence-electron chi connectivity index (χ4n) is 8.41. The van der Waals surface area contributed by atoms with Gasteiger partial charge in [0.25, 0.3) is 0 Å². The Morgan fingerprint density at radius 3 is 2.12 bits per heavy atom. The van der Waals surface area contributed by atoms with Crippen LogP contribution in [0, 0.1) is 0 Å². The number of fused-ring (bicyclic) bond motifs is 8. The number of aromatic nitrogens is 3. The minimum Gasteiger partial charge on any atom is -0.334 e. The maximum absolute atomic E-state index is 4.64. The lowest BCUT2D eigenvalue weighted by Crippen LogP contribution is -2.31. The van der Waals surface area contributed by atoms with Gasteiger partial charge in [-0.3, -0.25) is 4.98 Å². The summed E-state index contributed by atoms with van der Waals surface area (Å²) in [6.45, 7) is 4.71. The zero-order valence-electron chi connectivity index (χ0n) is 27.0. The van der Waals surface area contributed by atoms with Gasteiger partial charge in [-0.05, 0) is 72.6 Å². The highest BCUT2D eigenvalue weighted by Crippen LogP contribution is 2.50. The van der Waals surface area contributed by atoms with Gasteiger partial charge >= 0.3 is 0 Å². The van der Waals surface area contributed by atoms with Crippen LogP contribution in [0.3, 0.4) is 0 Å². The number of hydrogen-bond acceptors (Lipinski definition) is 2. The van der Waals surface area contributed by atoms with Crippen LogP contribution < -0.4 is 4.90 Å². The molecule has 1 atom stereocenters. The van der Waals surface area contributed by atoms with Crippen LogP contribution in [0.1, 0.15) is 31.4 Å². The molecule has 0 spiro atoms. The Kier molecular flexibility index (Phi) is 5.72. The lowest BCUT2D eigenvalue weighted by atomic mass is 9.75. The Morgan fingerprint density at radius 2 is 1.38 bits per heavy atom. The predicted molar refractivity (Wildman–Crippen MR) is 200 cm³/mol. The zero-order valence-corrected chi connectivity index (χ0v) is 27.0. The van der Waals surface area contributed by atoms with Gasteiger partial charge in [0.2, 0.25) is 0 Å². The van der Waals surface area contributed by atoms with Gasteiger partial charge in [-0.25, -0.2) is 0 Å². The molecule has 0 bridgehead atoms. The fourth-order valence-corrected chi connectivity index (χ4v) is 8.41. The van der Waals surface area contributed by atoms with Crippen LogP contribution in [-0.4, -0.2) is 20.2 Å². The van der Waals surface area contributed by atoms with Crippen LogP contribution in [0.5, 0.6) is 0 Å². The Labute approximate surface area is 279 Å². The van der Waals surface area contributed by atoms with Gasteiger partial charge in [-0.1, -0.05) is 92.7 Å². The van der Waals surface area contributed by atoms with Gasteiger partial charge in [-0.2, -0.15) is 0 Å². The van der Waals surface area contributed by atoms with Gasteiger partial charge < -0.3 is 14.0 Å². The number of benzene rings is 5. The largest absolute Gasteiger partial charge is 0.334 e. The monoisotopic (exact) mass is 618 g/mol. The van der Waals surface area contributed by atoms with Gasteiger partial charge in [0.1, 0.15) is 0 Å². The molecule has 3 aromatic heterocycles. The van der Waals surface area contributed by atoms with Crippen LogP contribution in [0.4, 0.5) is 11.4 Å². The second kappa shape index (κ2) is 10.1. The first-order valence-electron chi connectivity index (χ1n) is 16.8. The molecule has 1 aliphatic heterocycles. The second-order valence-corrected chi connectivity index (χ2v) is 13.6. The number of anilines is 2. The lowest BCUT2D eigenvalue weighted by Gasteiger charge is -2.37. The predicted octanol–water partition coefficient (Wildman–Crippen LogP) is 10.9. The van der Waals surface area contributed by atoms with Crippen LogP contribution in [0.15, 0.2) is 152 Å². The quantitative estimate of drug-likeness (QED) is 0.196. The summed E-state index contributed by atoms with van der Waals surface area (Å²) in [6, 6.07) is 42.7. The summed E-state index contributed by atoms with van der Waals surface area (Å²) < 4.78 is 4.91. The maximum Gasteiger partial charge on any atom is 0.0583 e. The van der Waals surface area contributed by atoms with Crippen molar-refractivity contribution in [2.24, 2.45) is 0 Å². The maximum atomic E-state index is 4.64. The van der Waals surface area contributed by atoms with Crippen molar-refractivity contribution >= 4 is 55.0 Å². The lowest BCUT2D eigenvalue weighted by molar-refractivity contribution is 0.626. The van der Waals surface area contributed by atoms with E-state index in [0.717, 1.165) is 6.42 Å². The molecule has 0 amide bonds. The smallest absolute Gasteiger partial charge is 0.0583 e. The Hall–Kier alpha value is -5.87. The molecule has 0 fully saturated rings. The third-order valence-corrected chi connectivity index (χ3v) is 10.7. The normalized spacial score (nSPS) is 16.2. The number of pyridine rings is 1. The van der Waals surface area contributed by atoms with Crippen LogP contribution in [0.2, 0.25) is 0 Å². The third kappa shape index (κ3) is 3.74. The van der Waals surface area contributed by atoms with E-state index >= 15 is 0 Å². The minimum atomic E-state index is -0.247. The molecule has 4 nitrogen and oxygen atoms in total. The number of allylic oxidation sites excluding steroid dienone is 2. The second-order valence-electron chi connectivity index (χ2n) is 13.6. The van der Waals surface area contributed by atoms with Crippen LogP contribution in [0.25, 0.3) is 55.0 Å². The standard InChI is InChI=1S/C44H34N4/c1-44(2)37-27-32(46(29-13-5-3-6-14-29)30-15-7-4-8-16-30)26-36-35-25-31(21-22-41(35)48(43(36)37)42-23-24-45-28-38(42)44)47-39-19-11-9-17-33(39)34-18-10-12-20-40(34)47/h3-15,17-28,30H,16H2,1-2H3. The fraction of sp³-hybridized carbons (Fsp3) is 0.114. The number of nitrogens with zero attached hydrogens (tertiary/aromatic N) is 4. The van der Waals surface area contributed by atoms with Crippen molar-refractivity contribution in [3.63, 3.8) is 0 Å². The summed E-state index contributed by atoms with van der Waals surface area (Å²) in [7, 11) is 0. The molecular formula is C44H34N4. The number of rotatable bonds is 4. The minimum absolute atomic E-state index is 0.212. The van der Waals surface area contributed by atoms with Crippen molar-refractivity contribution in [2.75, 3.05) is 4.90 Å². The molecule has 1 aliphatic carbocycles. The van der Waals surface area contributed by atoms with Gasteiger partial charge in [0.15, 0.2) is 0 Å². The van der Waals surface area contributed by atoms with E-state index in [9.17, 15) is 0 Å². The van der Waals surface area contributed by atoms with Crippen molar-refractivity contribution in [3.05, 3.63) is 163 Å². The average Bonchev–Trinajstić information content (AvgIpc) is 3.65. The third-order valence-electron chi connectivity index (χ3n) is 10.7. The summed E-state index contributed by atoms with van der Waals surface area (Å²) >= 11 is 0. The van der Waals surface area contributed by atoms with E-state index in [1.165, 1.54) is 77.5 Å². The zero-order chi connectivity index (χ0) is 32.0. The van der Waals surface area contributed by atoms with Crippen molar-refractivity contribution < 1.29 is 0 Å². The molecule has 4 heteroatoms. The van der Waals surface area contributed by atoms with E-state index in [1.54, 1.807) is 0 Å². The average molecular weight is 619 g/mol. The van der Waals surface area contributed by atoms with Gasteiger partial charge in [-0.15, -0.1) is 0 Å². The van der Waals surface area contributed by atoms with Gasteiger partial charge in [0, 0.05) is 62.0 Å². The SMILES string of the molecule is CC1(C)c2cnccc2-n2c3ccc(-n4c5ccccc5c5ccccc54)cc3c3cc(N(c4ccccc4)C4C=CC=CC4)cc1c32. The van der Waals surface area contributed by atoms with Crippen molar-refractivity contribution in [1.29, 1.82) is 0 Å². The first kappa shape index (κ1) is 27.3. The summed E-state index contributed by atoms with van der Waals surface area (Å²) in [6.07, 6.45) is 13.9. The molecule has 10 rings (SSSR count). The summed E-state index contributed by atoms with van der Waals surface area (Å²) in [5, 5.41) is 5.07. The highest BCUT2D eigenvalue weighted by Gasteiger charge is 2.37. The highest BCUT2D eigenvalue weighted by molar-refractivity contribution is 6.14. The molecule has 2 aliphatic rings. The molecule has 48 heavy (non-hydrogen) atoms. The molecule has 0 saturated heterocycles. The number of hydrogen-bond donors (Lipinski definition) is 0. The summed E-state index contributed by atoms with van der Waals surface area (Å²) in [4.78, 5) is 7.15. The van der Waals surface area contributed by atoms with Crippen molar-refractivity contribution in [3.8, 4) is 11.4 Å². The van der Waals surface area contributed by atoms with Crippen LogP contribution >= 0.6 is 0 Å². The highest BCUT2D eigenvalue weighted by atomic mass is 15.2. The van der Waals surface area contributed by atoms with E-state index in [0.29, 0.717) is 0 Å². The number of para-hydroxylation sites is 3. The van der Waals surface area contributed by atoms with E-state index in [2.05, 4.69) is 179 Å². The Morgan fingerprint density at radius 1 is 0.646 bits per heavy atom. The molecule has 5 aromatic carbocycles.